The van der Waals surface area contributed by atoms with Gasteiger partial charge in [-0.15, -0.1) is 0 Å². The Bertz CT molecular complexity index is 1290. The number of carbonyl (C=O) groups excluding carboxylic acids is 2. The van der Waals surface area contributed by atoms with Crippen molar-refractivity contribution in [2.24, 2.45) is 5.16 Å². The van der Waals surface area contributed by atoms with Gasteiger partial charge in [0, 0.05) is 18.0 Å². The first-order chi connectivity index (χ1) is 17.5. The van der Waals surface area contributed by atoms with E-state index in [2.05, 4.69) is 10.5 Å². The van der Waals surface area contributed by atoms with E-state index in [9.17, 15) is 9.59 Å². The molecule has 184 valence electrons. The van der Waals surface area contributed by atoms with Crippen LogP contribution in [0.1, 0.15) is 35.2 Å². The fourth-order valence-corrected chi connectivity index (χ4v) is 4.49. The van der Waals surface area contributed by atoms with E-state index in [0.717, 1.165) is 29.5 Å². The summed E-state index contributed by atoms with van der Waals surface area (Å²) in [7, 11) is 0. The molecule has 6 nitrogen and oxygen atoms in total. The highest BCUT2D eigenvalue weighted by Gasteiger charge is 2.40. The fraction of sp³-hybridized carbons (Fsp3) is 0.250. The average Bonchev–Trinajstić information content (AvgIpc) is 3.61. The van der Waals surface area contributed by atoms with Gasteiger partial charge in [0.2, 0.25) is 5.91 Å². The number of rotatable bonds is 7. The van der Waals surface area contributed by atoms with Crippen LogP contribution < -0.4 is 5.32 Å². The van der Waals surface area contributed by atoms with Gasteiger partial charge in [-0.2, -0.15) is 0 Å². The standard InChI is InChI=1S/C28H25Cl2N3O3/c29-24-13-6-18(14-25(24)30)17-36-32-23-15-26(27(34)31-22-11-12-22)33(16-23)28(35)21-9-7-20(8-10-21)19-4-2-1-3-5-19/h1-10,13-14,22,26H,11-12,15-17H2,(H,31,34)/b32-23+. The maximum atomic E-state index is 13.4. The van der Waals surface area contributed by atoms with Crippen molar-refractivity contribution in [3.63, 3.8) is 0 Å². The van der Waals surface area contributed by atoms with Gasteiger partial charge in [0.05, 0.1) is 22.3 Å². The largest absolute Gasteiger partial charge is 0.391 e. The number of nitrogens with zero attached hydrogens (tertiary/aromatic N) is 2. The number of hydrogen-bond acceptors (Lipinski definition) is 4. The third-order valence-corrected chi connectivity index (χ3v) is 7.03. The van der Waals surface area contributed by atoms with Crippen LogP contribution in [0.4, 0.5) is 0 Å². The predicted octanol–water partition coefficient (Wildman–Crippen LogP) is 5.73. The first kappa shape index (κ1) is 24.3. The molecule has 2 aliphatic rings. The highest BCUT2D eigenvalue weighted by atomic mass is 35.5. The number of likely N-dealkylation sites (tertiary alicyclic amines) is 1. The van der Waals surface area contributed by atoms with E-state index in [-0.39, 0.29) is 31.0 Å². The molecule has 1 aliphatic heterocycles. The molecule has 36 heavy (non-hydrogen) atoms. The summed E-state index contributed by atoms with van der Waals surface area (Å²) in [5, 5.41) is 8.18. The number of halogens is 2. The Morgan fingerprint density at radius 3 is 2.36 bits per heavy atom. The van der Waals surface area contributed by atoms with Gasteiger partial charge in [-0.25, -0.2) is 0 Å². The van der Waals surface area contributed by atoms with Gasteiger partial charge in [-0.1, -0.05) is 76.9 Å². The maximum absolute atomic E-state index is 13.4. The molecule has 2 fully saturated rings. The van der Waals surface area contributed by atoms with Crippen molar-refractivity contribution < 1.29 is 14.4 Å². The zero-order valence-electron chi connectivity index (χ0n) is 19.5. The Kier molecular flexibility index (Phi) is 7.25. The van der Waals surface area contributed by atoms with Crippen molar-refractivity contribution >= 4 is 40.7 Å². The van der Waals surface area contributed by atoms with Crippen LogP contribution in [-0.2, 0) is 16.2 Å². The third-order valence-electron chi connectivity index (χ3n) is 6.29. The molecule has 1 saturated heterocycles. The summed E-state index contributed by atoms with van der Waals surface area (Å²) in [5.74, 6) is -0.360. The van der Waals surface area contributed by atoms with E-state index in [1.807, 2.05) is 48.5 Å². The summed E-state index contributed by atoms with van der Waals surface area (Å²) >= 11 is 12.0. The third kappa shape index (κ3) is 5.72. The van der Waals surface area contributed by atoms with Gasteiger partial charge >= 0.3 is 0 Å². The number of benzene rings is 3. The van der Waals surface area contributed by atoms with E-state index in [1.165, 1.54) is 0 Å². The van der Waals surface area contributed by atoms with Crippen LogP contribution in [0.2, 0.25) is 10.0 Å². The lowest BCUT2D eigenvalue weighted by atomic mass is 10.0. The molecule has 0 bridgehead atoms. The van der Waals surface area contributed by atoms with Crippen LogP contribution in [0.5, 0.6) is 0 Å². The smallest absolute Gasteiger partial charge is 0.254 e. The SMILES string of the molecule is O=C(NC1CC1)C1C/C(=N\OCc2ccc(Cl)c(Cl)c2)CN1C(=O)c1ccc(-c2ccccc2)cc1. The predicted molar refractivity (Wildman–Crippen MR) is 141 cm³/mol. The molecule has 8 heteroatoms. The van der Waals surface area contributed by atoms with E-state index in [4.69, 9.17) is 28.0 Å². The minimum absolute atomic E-state index is 0.151. The van der Waals surface area contributed by atoms with Crippen LogP contribution in [0.15, 0.2) is 78.0 Å². The highest BCUT2D eigenvalue weighted by Crippen LogP contribution is 2.26. The summed E-state index contributed by atoms with van der Waals surface area (Å²) in [6.07, 6.45) is 2.27. The number of carbonyl (C=O) groups is 2. The molecule has 0 spiro atoms. The fourth-order valence-electron chi connectivity index (χ4n) is 4.17. The minimum atomic E-state index is -0.626. The van der Waals surface area contributed by atoms with Crippen molar-refractivity contribution in [1.82, 2.24) is 10.2 Å². The van der Waals surface area contributed by atoms with Crippen molar-refractivity contribution in [2.45, 2.75) is 38.0 Å². The molecular weight excluding hydrogens is 497 g/mol. The van der Waals surface area contributed by atoms with E-state index in [1.54, 1.807) is 29.2 Å². The zero-order valence-corrected chi connectivity index (χ0v) is 21.0. The zero-order chi connectivity index (χ0) is 25.1. The Morgan fingerprint density at radius 1 is 0.944 bits per heavy atom. The minimum Gasteiger partial charge on any atom is -0.391 e. The van der Waals surface area contributed by atoms with Crippen LogP contribution in [0.25, 0.3) is 11.1 Å². The van der Waals surface area contributed by atoms with E-state index in [0.29, 0.717) is 27.7 Å². The highest BCUT2D eigenvalue weighted by molar-refractivity contribution is 6.42. The lowest BCUT2D eigenvalue weighted by molar-refractivity contribution is -0.124. The van der Waals surface area contributed by atoms with Crippen molar-refractivity contribution in [3.05, 3.63) is 94.0 Å². The van der Waals surface area contributed by atoms with Gasteiger partial charge < -0.3 is 15.1 Å². The number of amides is 2. The molecule has 5 rings (SSSR count). The first-order valence-electron chi connectivity index (χ1n) is 11.9. The summed E-state index contributed by atoms with van der Waals surface area (Å²) in [5.41, 5.74) is 4.08. The van der Waals surface area contributed by atoms with Crippen LogP contribution in [0.3, 0.4) is 0 Å². The molecule has 3 aromatic rings. The molecule has 1 saturated carbocycles. The van der Waals surface area contributed by atoms with E-state index < -0.39 is 6.04 Å². The quantitative estimate of drug-likeness (QED) is 0.403. The van der Waals surface area contributed by atoms with Crippen LogP contribution in [0, 0.1) is 0 Å². The van der Waals surface area contributed by atoms with Crippen LogP contribution in [-0.4, -0.2) is 41.1 Å². The van der Waals surface area contributed by atoms with Crippen molar-refractivity contribution in [2.75, 3.05) is 6.54 Å². The second kappa shape index (κ2) is 10.7. The monoisotopic (exact) mass is 521 g/mol. The van der Waals surface area contributed by atoms with Gasteiger partial charge in [0.1, 0.15) is 12.6 Å². The lowest BCUT2D eigenvalue weighted by Crippen LogP contribution is -2.46. The molecule has 1 unspecified atom stereocenters. The van der Waals surface area contributed by atoms with Crippen LogP contribution >= 0.6 is 23.2 Å². The normalized spacial score (nSPS) is 18.3. The Hall–Kier alpha value is -3.35. The summed E-state index contributed by atoms with van der Waals surface area (Å²) < 4.78 is 0. The van der Waals surface area contributed by atoms with Crippen molar-refractivity contribution in [1.29, 1.82) is 0 Å². The van der Waals surface area contributed by atoms with Gasteiger partial charge in [-0.3, -0.25) is 9.59 Å². The summed E-state index contributed by atoms with van der Waals surface area (Å²) in [6, 6.07) is 22.2. The molecular formula is C28H25Cl2N3O3. The maximum Gasteiger partial charge on any atom is 0.254 e. The first-order valence-corrected chi connectivity index (χ1v) is 12.6. The summed E-state index contributed by atoms with van der Waals surface area (Å²) in [6.45, 7) is 0.428. The molecule has 0 radical (unpaired) electrons. The van der Waals surface area contributed by atoms with Gasteiger partial charge in [-0.05, 0) is 53.8 Å². The lowest BCUT2D eigenvalue weighted by Gasteiger charge is -2.23. The van der Waals surface area contributed by atoms with Gasteiger partial charge in [0.15, 0.2) is 0 Å². The number of oxime groups is 1. The number of nitrogens with one attached hydrogen (secondary N) is 1. The molecule has 1 aliphatic carbocycles. The second-order valence-corrected chi connectivity index (χ2v) is 9.87. The number of hydrogen-bond donors (Lipinski definition) is 1. The average molecular weight is 522 g/mol. The Morgan fingerprint density at radius 2 is 1.67 bits per heavy atom. The molecule has 0 aromatic heterocycles. The topological polar surface area (TPSA) is 71.0 Å². The van der Waals surface area contributed by atoms with Crippen molar-refractivity contribution in [3.8, 4) is 11.1 Å². The molecule has 1 N–H and O–H groups in total. The molecule has 3 aromatic carbocycles. The molecule has 1 atom stereocenters. The second-order valence-electron chi connectivity index (χ2n) is 9.06. The van der Waals surface area contributed by atoms with Gasteiger partial charge in [0.25, 0.3) is 5.91 Å². The Labute approximate surface area is 219 Å². The van der Waals surface area contributed by atoms with E-state index >= 15 is 0 Å². The molecule has 1 heterocycles. The summed E-state index contributed by atoms with van der Waals surface area (Å²) in [4.78, 5) is 33.5. The Balaban J connectivity index is 1.30. The molecule has 2 amide bonds.